The van der Waals surface area contributed by atoms with Gasteiger partial charge in [-0.1, -0.05) is 36.4 Å². The molecule has 6 nitrogen and oxygen atoms in total. The largest absolute Gasteiger partial charge is 0.322 e. The molecule has 0 aromatic heterocycles. The van der Waals surface area contributed by atoms with Crippen LogP contribution in [0.3, 0.4) is 0 Å². The Bertz CT molecular complexity index is 1380. The van der Waals surface area contributed by atoms with Crippen molar-refractivity contribution in [2.24, 2.45) is 0 Å². The van der Waals surface area contributed by atoms with E-state index in [1.165, 1.54) is 24.3 Å². The number of hydrogen-bond acceptors (Lipinski definition) is 4. The Hall–Kier alpha value is -4.23. The SMILES string of the molecule is Cc1ccccc1C(=O)Nc1ccc(S(=O)(=O)c2ccc(NC(=O)c3ccccc3C)cc2)cc1. The third-order valence-electron chi connectivity index (χ3n) is 5.62. The zero-order chi connectivity index (χ0) is 25.0. The van der Waals surface area contributed by atoms with E-state index in [2.05, 4.69) is 10.6 Å². The number of carbonyl (C=O) groups excluding carboxylic acids is 2. The summed E-state index contributed by atoms with van der Waals surface area (Å²) in [7, 11) is -3.77. The van der Waals surface area contributed by atoms with Crippen molar-refractivity contribution >= 4 is 33.0 Å². The van der Waals surface area contributed by atoms with Crippen molar-refractivity contribution < 1.29 is 18.0 Å². The molecule has 7 heteroatoms. The van der Waals surface area contributed by atoms with Crippen LogP contribution in [-0.4, -0.2) is 20.2 Å². The smallest absolute Gasteiger partial charge is 0.255 e. The van der Waals surface area contributed by atoms with E-state index in [0.717, 1.165) is 11.1 Å². The van der Waals surface area contributed by atoms with Crippen molar-refractivity contribution in [1.29, 1.82) is 0 Å². The Morgan fingerprint density at radius 2 is 0.886 bits per heavy atom. The fraction of sp³-hybridized carbons (Fsp3) is 0.0714. The van der Waals surface area contributed by atoms with Crippen molar-refractivity contribution in [2.75, 3.05) is 10.6 Å². The third kappa shape index (κ3) is 5.31. The van der Waals surface area contributed by atoms with Crippen molar-refractivity contribution in [3.05, 3.63) is 119 Å². The summed E-state index contributed by atoms with van der Waals surface area (Å²) in [6, 6.07) is 26.5. The minimum absolute atomic E-state index is 0.100. The number of sulfone groups is 1. The lowest BCUT2D eigenvalue weighted by Crippen LogP contribution is -2.13. The highest BCUT2D eigenvalue weighted by molar-refractivity contribution is 7.91. The molecule has 2 amide bonds. The Morgan fingerprint density at radius 3 is 1.23 bits per heavy atom. The predicted octanol–water partition coefficient (Wildman–Crippen LogP) is 5.64. The van der Waals surface area contributed by atoms with Gasteiger partial charge in [0.2, 0.25) is 9.84 Å². The van der Waals surface area contributed by atoms with Crippen molar-refractivity contribution in [1.82, 2.24) is 0 Å². The van der Waals surface area contributed by atoms with E-state index in [4.69, 9.17) is 0 Å². The second kappa shape index (κ2) is 9.95. The van der Waals surface area contributed by atoms with Gasteiger partial charge >= 0.3 is 0 Å². The quantitative estimate of drug-likeness (QED) is 0.370. The summed E-state index contributed by atoms with van der Waals surface area (Å²) in [4.78, 5) is 25.2. The number of aryl methyl sites for hydroxylation is 2. The Balaban J connectivity index is 1.46. The average Bonchev–Trinajstić information content (AvgIpc) is 2.85. The van der Waals surface area contributed by atoms with Gasteiger partial charge in [0.1, 0.15) is 0 Å². The maximum absolute atomic E-state index is 13.1. The molecule has 176 valence electrons. The van der Waals surface area contributed by atoms with Crippen LogP contribution in [0.4, 0.5) is 11.4 Å². The van der Waals surface area contributed by atoms with E-state index in [-0.39, 0.29) is 21.6 Å². The molecule has 0 radical (unpaired) electrons. The molecular formula is C28H24N2O4S. The van der Waals surface area contributed by atoms with Crippen LogP contribution in [0.1, 0.15) is 31.8 Å². The lowest BCUT2D eigenvalue weighted by atomic mass is 10.1. The maximum atomic E-state index is 13.1. The van der Waals surface area contributed by atoms with E-state index < -0.39 is 9.84 Å². The first-order valence-electron chi connectivity index (χ1n) is 10.9. The van der Waals surface area contributed by atoms with E-state index in [0.29, 0.717) is 22.5 Å². The maximum Gasteiger partial charge on any atom is 0.255 e. The van der Waals surface area contributed by atoms with Crippen molar-refractivity contribution in [3.8, 4) is 0 Å². The number of rotatable bonds is 6. The van der Waals surface area contributed by atoms with Crippen LogP contribution in [0.5, 0.6) is 0 Å². The molecule has 0 unspecified atom stereocenters. The van der Waals surface area contributed by atoms with Crippen LogP contribution < -0.4 is 10.6 Å². The van der Waals surface area contributed by atoms with Crippen LogP contribution in [-0.2, 0) is 9.84 Å². The molecule has 4 rings (SSSR count). The fourth-order valence-electron chi connectivity index (χ4n) is 3.62. The molecule has 0 saturated heterocycles. The van der Waals surface area contributed by atoms with Gasteiger partial charge in [-0.15, -0.1) is 0 Å². The lowest BCUT2D eigenvalue weighted by molar-refractivity contribution is 0.101. The summed E-state index contributed by atoms with van der Waals surface area (Å²) in [5.41, 5.74) is 3.79. The summed E-state index contributed by atoms with van der Waals surface area (Å²) >= 11 is 0. The standard InChI is InChI=1S/C28H24N2O4S/c1-19-7-3-5-9-25(19)27(31)29-21-11-15-23(16-12-21)35(33,34)24-17-13-22(14-18-24)30-28(32)26-10-6-4-8-20(26)2/h3-18H,1-2H3,(H,29,31)(H,30,32). The van der Waals surface area contributed by atoms with E-state index in [1.54, 1.807) is 48.5 Å². The molecule has 0 saturated carbocycles. The first-order chi connectivity index (χ1) is 16.8. The lowest BCUT2D eigenvalue weighted by Gasteiger charge is -2.10. The summed E-state index contributed by atoms with van der Waals surface area (Å²) < 4.78 is 26.1. The Morgan fingerprint density at radius 1 is 0.543 bits per heavy atom. The molecule has 2 N–H and O–H groups in total. The van der Waals surface area contributed by atoms with Gasteiger partial charge in [-0.25, -0.2) is 8.42 Å². The van der Waals surface area contributed by atoms with E-state index >= 15 is 0 Å². The van der Waals surface area contributed by atoms with Crippen LogP contribution in [0, 0.1) is 13.8 Å². The molecule has 0 aliphatic heterocycles. The van der Waals surface area contributed by atoms with E-state index in [1.807, 2.05) is 38.1 Å². The number of nitrogens with one attached hydrogen (secondary N) is 2. The number of anilines is 2. The molecule has 0 heterocycles. The molecule has 4 aromatic rings. The molecule has 0 spiro atoms. The Kier molecular flexibility index (Phi) is 6.80. The van der Waals surface area contributed by atoms with Crippen LogP contribution in [0.2, 0.25) is 0 Å². The van der Waals surface area contributed by atoms with Gasteiger partial charge in [0.25, 0.3) is 11.8 Å². The minimum Gasteiger partial charge on any atom is -0.322 e. The molecule has 0 fully saturated rings. The summed E-state index contributed by atoms with van der Waals surface area (Å²) in [5, 5.41) is 5.57. The second-order valence-electron chi connectivity index (χ2n) is 8.09. The topological polar surface area (TPSA) is 92.3 Å². The van der Waals surface area contributed by atoms with Crippen molar-refractivity contribution in [2.45, 2.75) is 23.6 Å². The molecule has 0 aliphatic carbocycles. The number of benzene rings is 4. The van der Waals surface area contributed by atoms with Gasteiger partial charge in [0.05, 0.1) is 9.79 Å². The summed E-state index contributed by atoms with van der Waals surface area (Å²) in [6.07, 6.45) is 0. The minimum atomic E-state index is -3.77. The molecule has 0 bridgehead atoms. The highest BCUT2D eigenvalue weighted by atomic mass is 32.2. The normalized spacial score (nSPS) is 11.0. The molecule has 4 aromatic carbocycles. The van der Waals surface area contributed by atoms with Crippen LogP contribution >= 0.6 is 0 Å². The van der Waals surface area contributed by atoms with Gasteiger partial charge in [0.15, 0.2) is 0 Å². The average molecular weight is 485 g/mol. The zero-order valence-corrected chi connectivity index (χ0v) is 20.1. The van der Waals surface area contributed by atoms with Gasteiger partial charge in [-0.05, 0) is 85.6 Å². The molecule has 0 aliphatic rings. The van der Waals surface area contributed by atoms with Crippen molar-refractivity contribution in [3.63, 3.8) is 0 Å². The first kappa shape index (κ1) is 23.9. The third-order valence-corrected chi connectivity index (χ3v) is 7.41. The Labute approximate surface area is 204 Å². The number of hydrogen-bond donors (Lipinski definition) is 2. The molecular weight excluding hydrogens is 460 g/mol. The monoisotopic (exact) mass is 484 g/mol. The fourth-order valence-corrected chi connectivity index (χ4v) is 4.88. The molecule has 0 atom stereocenters. The molecule has 35 heavy (non-hydrogen) atoms. The second-order valence-corrected chi connectivity index (χ2v) is 10.0. The zero-order valence-electron chi connectivity index (χ0n) is 19.3. The van der Waals surface area contributed by atoms with Crippen LogP contribution in [0.25, 0.3) is 0 Å². The number of amides is 2. The first-order valence-corrected chi connectivity index (χ1v) is 12.4. The van der Waals surface area contributed by atoms with Crippen LogP contribution in [0.15, 0.2) is 107 Å². The highest BCUT2D eigenvalue weighted by Crippen LogP contribution is 2.24. The van der Waals surface area contributed by atoms with Gasteiger partial charge in [-0.3, -0.25) is 9.59 Å². The summed E-state index contributed by atoms with van der Waals surface area (Å²) in [5.74, 6) is -0.524. The van der Waals surface area contributed by atoms with Gasteiger partial charge in [-0.2, -0.15) is 0 Å². The predicted molar refractivity (Wildman–Crippen MR) is 137 cm³/mol. The van der Waals surface area contributed by atoms with E-state index in [9.17, 15) is 18.0 Å². The highest BCUT2D eigenvalue weighted by Gasteiger charge is 2.18. The summed E-state index contributed by atoms with van der Waals surface area (Å²) in [6.45, 7) is 3.70. The van der Waals surface area contributed by atoms with Gasteiger partial charge in [0, 0.05) is 22.5 Å². The van der Waals surface area contributed by atoms with Gasteiger partial charge < -0.3 is 10.6 Å². The number of carbonyl (C=O) groups is 2.